The SMILES string of the molecule is CCOC(=O)CC1CC(CNC(=O)Nc2scc(C)c2C(=O)OCC)C1. The summed E-state index contributed by atoms with van der Waals surface area (Å²) in [5.74, 6) is 0.137. The third-order valence-electron chi connectivity index (χ3n) is 4.33. The molecule has 26 heavy (non-hydrogen) atoms. The Bertz CT molecular complexity index is 652. The molecule has 0 spiro atoms. The topological polar surface area (TPSA) is 93.7 Å². The zero-order valence-corrected chi connectivity index (χ0v) is 16.2. The predicted octanol–water partition coefficient (Wildman–Crippen LogP) is 3.33. The molecule has 0 atom stereocenters. The number of thiophene rings is 1. The van der Waals surface area contributed by atoms with Crippen molar-refractivity contribution in [1.82, 2.24) is 5.32 Å². The van der Waals surface area contributed by atoms with Gasteiger partial charge in [0.15, 0.2) is 0 Å². The second-order valence-electron chi connectivity index (χ2n) is 6.39. The van der Waals surface area contributed by atoms with Crippen molar-refractivity contribution in [3.8, 4) is 0 Å². The molecule has 2 N–H and O–H groups in total. The molecule has 0 bridgehead atoms. The minimum atomic E-state index is -0.428. The van der Waals surface area contributed by atoms with Crippen LogP contribution in [0.15, 0.2) is 5.38 Å². The highest BCUT2D eigenvalue weighted by Crippen LogP contribution is 2.36. The molecule has 8 heteroatoms. The van der Waals surface area contributed by atoms with Crippen LogP contribution in [-0.4, -0.2) is 37.7 Å². The maximum Gasteiger partial charge on any atom is 0.341 e. The van der Waals surface area contributed by atoms with E-state index in [0.717, 1.165) is 18.4 Å². The second-order valence-corrected chi connectivity index (χ2v) is 7.27. The van der Waals surface area contributed by atoms with Crippen LogP contribution in [0.4, 0.5) is 9.80 Å². The maximum atomic E-state index is 12.1. The van der Waals surface area contributed by atoms with E-state index in [4.69, 9.17) is 9.47 Å². The molecular formula is C18H26N2O5S. The van der Waals surface area contributed by atoms with Crippen LogP contribution >= 0.6 is 11.3 Å². The molecule has 2 rings (SSSR count). The highest BCUT2D eigenvalue weighted by Gasteiger charge is 2.31. The summed E-state index contributed by atoms with van der Waals surface area (Å²) in [5, 5.41) is 7.86. The van der Waals surface area contributed by atoms with Crippen molar-refractivity contribution < 1.29 is 23.9 Å². The predicted molar refractivity (Wildman–Crippen MR) is 99.5 cm³/mol. The maximum absolute atomic E-state index is 12.1. The first kappa shape index (κ1) is 20.2. The van der Waals surface area contributed by atoms with Crippen LogP contribution in [0, 0.1) is 18.8 Å². The Morgan fingerprint density at radius 3 is 2.50 bits per heavy atom. The number of urea groups is 1. The van der Waals surface area contributed by atoms with Gasteiger partial charge in [-0.1, -0.05) is 0 Å². The summed E-state index contributed by atoms with van der Waals surface area (Å²) in [5.41, 5.74) is 1.19. The molecule has 1 fully saturated rings. The smallest absolute Gasteiger partial charge is 0.341 e. The molecule has 1 aliphatic rings. The number of amides is 2. The van der Waals surface area contributed by atoms with Crippen molar-refractivity contribution in [2.24, 2.45) is 11.8 Å². The lowest BCUT2D eigenvalue weighted by Gasteiger charge is -2.34. The Hall–Kier alpha value is -2.09. The number of ether oxygens (including phenoxy) is 2. The zero-order chi connectivity index (χ0) is 19.1. The van der Waals surface area contributed by atoms with Crippen molar-refractivity contribution in [2.75, 3.05) is 25.1 Å². The van der Waals surface area contributed by atoms with Gasteiger partial charge in [0.25, 0.3) is 0 Å². The minimum absolute atomic E-state index is 0.152. The fourth-order valence-corrected chi connectivity index (χ4v) is 3.97. The molecule has 0 saturated heterocycles. The molecule has 1 saturated carbocycles. The van der Waals surface area contributed by atoms with Gasteiger partial charge in [0.05, 0.1) is 18.8 Å². The largest absolute Gasteiger partial charge is 0.466 e. The number of rotatable bonds is 8. The van der Waals surface area contributed by atoms with Crippen LogP contribution in [0.3, 0.4) is 0 Å². The monoisotopic (exact) mass is 382 g/mol. The lowest BCUT2D eigenvalue weighted by Crippen LogP contribution is -2.38. The average molecular weight is 382 g/mol. The van der Waals surface area contributed by atoms with Gasteiger partial charge in [0.1, 0.15) is 5.00 Å². The number of carbonyl (C=O) groups excluding carboxylic acids is 3. The summed E-state index contributed by atoms with van der Waals surface area (Å²) in [6, 6.07) is -0.341. The van der Waals surface area contributed by atoms with Gasteiger partial charge in [-0.25, -0.2) is 9.59 Å². The van der Waals surface area contributed by atoms with Crippen LogP contribution in [0.5, 0.6) is 0 Å². The Morgan fingerprint density at radius 1 is 1.15 bits per heavy atom. The number of aryl methyl sites for hydroxylation is 1. The summed E-state index contributed by atoms with van der Waals surface area (Å²) in [7, 11) is 0. The number of anilines is 1. The van der Waals surface area contributed by atoms with E-state index in [1.807, 2.05) is 12.3 Å². The Labute approximate surface area is 157 Å². The molecular weight excluding hydrogens is 356 g/mol. The van der Waals surface area contributed by atoms with Gasteiger partial charge >= 0.3 is 18.0 Å². The van der Waals surface area contributed by atoms with E-state index in [9.17, 15) is 14.4 Å². The zero-order valence-electron chi connectivity index (χ0n) is 15.4. The fourth-order valence-electron chi connectivity index (χ4n) is 3.04. The first-order chi connectivity index (χ1) is 12.4. The normalized spacial score (nSPS) is 18.6. The van der Waals surface area contributed by atoms with Gasteiger partial charge in [0.2, 0.25) is 0 Å². The van der Waals surface area contributed by atoms with Crippen LogP contribution in [0.25, 0.3) is 0 Å². The lowest BCUT2D eigenvalue weighted by atomic mass is 9.73. The van der Waals surface area contributed by atoms with Crippen molar-refractivity contribution in [2.45, 2.75) is 40.0 Å². The van der Waals surface area contributed by atoms with E-state index in [2.05, 4.69) is 10.6 Å². The number of hydrogen-bond acceptors (Lipinski definition) is 6. The van der Waals surface area contributed by atoms with E-state index >= 15 is 0 Å². The van der Waals surface area contributed by atoms with Gasteiger partial charge in [-0.2, -0.15) is 0 Å². The first-order valence-electron chi connectivity index (χ1n) is 8.90. The van der Waals surface area contributed by atoms with E-state index in [1.165, 1.54) is 11.3 Å². The van der Waals surface area contributed by atoms with Crippen molar-refractivity contribution in [3.63, 3.8) is 0 Å². The second kappa shape index (κ2) is 9.56. The summed E-state index contributed by atoms with van der Waals surface area (Å²) in [6.45, 7) is 6.59. The molecule has 0 aromatic carbocycles. The lowest BCUT2D eigenvalue weighted by molar-refractivity contribution is -0.145. The quantitative estimate of drug-likeness (QED) is 0.673. The Kier molecular flexibility index (Phi) is 7.44. The van der Waals surface area contributed by atoms with Crippen molar-refractivity contribution >= 4 is 34.3 Å². The van der Waals surface area contributed by atoms with Crippen molar-refractivity contribution in [1.29, 1.82) is 0 Å². The Balaban J connectivity index is 1.74. The molecule has 2 amide bonds. The van der Waals surface area contributed by atoms with Gasteiger partial charge < -0.3 is 14.8 Å². The standard InChI is InChI=1S/C18H26N2O5S/c1-4-24-14(21)8-12-6-13(7-12)9-19-18(23)20-16-15(11(3)10-26-16)17(22)25-5-2/h10,12-13H,4-9H2,1-3H3,(H2,19,20,23). The molecule has 1 aromatic rings. The third-order valence-corrected chi connectivity index (χ3v) is 5.34. The van der Waals surface area contributed by atoms with Crippen LogP contribution < -0.4 is 10.6 Å². The summed E-state index contributed by atoms with van der Waals surface area (Å²) < 4.78 is 9.98. The summed E-state index contributed by atoms with van der Waals surface area (Å²) in [6.07, 6.45) is 2.27. The third kappa shape index (κ3) is 5.45. The molecule has 0 radical (unpaired) electrons. The van der Waals surface area contributed by atoms with E-state index in [1.54, 1.807) is 13.8 Å². The number of esters is 2. The van der Waals surface area contributed by atoms with Crippen LogP contribution in [-0.2, 0) is 14.3 Å². The number of carbonyl (C=O) groups is 3. The van der Waals surface area contributed by atoms with Crippen molar-refractivity contribution in [3.05, 3.63) is 16.5 Å². The first-order valence-corrected chi connectivity index (χ1v) is 9.78. The number of nitrogens with one attached hydrogen (secondary N) is 2. The van der Waals surface area contributed by atoms with Crippen LogP contribution in [0.1, 0.15) is 49.0 Å². The molecule has 1 aliphatic carbocycles. The van der Waals surface area contributed by atoms with E-state index in [0.29, 0.717) is 42.0 Å². The molecule has 7 nitrogen and oxygen atoms in total. The van der Waals surface area contributed by atoms with Gasteiger partial charge in [-0.15, -0.1) is 11.3 Å². The molecule has 144 valence electrons. The highest BCUT2D eigenvalue weighted by molar-refractivity contribution is 7.15. The Morgan fingerprint density at radius 2 is 1.85 bits per heavy atom. The average Bonchev–Trinajstić information content (AvgIpc) is 2.90. The summed E-state index contributed by atoms with van der Waals surface area (Å²) in [4.78, 5) is 35.5. The van der Waals surface area contributed by atoms with Gasteiger partial charge in [0, 0.05) is 13.0 Å². The molecule has 1 aromatic heterocycles. The van der Waals surface area contributed by atoms with Gasteiger partial charge in [-0.3, -0.25) is 10.1 Å². The van der Waals surface area contributed by atoms with E-state index < -0.39 is 5.97 Å². The molecule has 0 aliphatic heterocycles. The van der Waals surface area contributed by atoms with Crippen LogP contribution in [0.2, 0.25) is 0 Å². The van der Waals surface area contributed by atoms with Gasteiger partial charge in [-0.05, 0) is 56.4 Å². The number of hydrogen-bond donors (Lipinski definition) is 2. The fraction of sp³-hybridized carbons (Fsp3) is 0.611. The molecule has 1 heterocycles. The molecule has 0 unspecified atom stereocenters. The van der Waals surface area contributed by atoms with E-state index in [-0.39, 0.29) is 18.6 Å². The summed E-state index contributed by atoms with van der Waals surface area (Å²) >= 11 is 1.30. The minimum Gasteiger partial charge on any atom is -0.466 e. The highest BCUT2D eigenvalue weighted by atomic mass is 32.1.